The average molecular weight is 389 g/mol. The molecule has 0 unspecified atom stereocenters. The Morgan fingerprint density at radius 3 is 2.00 bits per heavy atom. The number of hydrogen-bond acceptors (Lipinski definition) is 4. The first kappa shape index (κ1) is 21.3. The molecule has 1 N–H and O–H groups in total. The van der Waals surface area contributed by atoms with Crippen LogP contribution in [0, 0.1) is 6.92 Å². The zero-order valence-electron chi connectivity index (χ0n) is 17.8. The van der Waals surface area contributed by atoms with E-state index >= 15 is 0 Å². The van der Waals surface area contributed by atoms with E-state index in [-0.39, 0.29) is 11.6 Å². The number of benzene rings is 2. The predicted molar refractivity (Wildman–Crippen MR) is 113 cm³/mol. The van der Waals surface area contributed by atoms with Crippen LogP contribution in [0.2, 0.25) is 18.1 Å². The summed E-state index contributed by atoms with van der Waals surface area (Å²) in [5, 5.41) is 9.71. The molecule has 0 saturated heterocycles. The van der Waals surface area contributed by atoms with E-state index < -0.39 is 8.32 Å². The molecule has 0 aromatic heterocycles. The third kappa shape index (κ3) is 4.30. The second-order valence-electron chi connectivity index (χ2n) is 8.31. The Hall–Kier alpha value is -1.98. The molecule has 148 valence electrons. The summed E-state index contributed by atoms with van der Waals surface area (Å²) in [4.78, 5) is 0. The van der Waals surface area contributed by atoms with Crippen LogP contribution < -0.4 is 13.9 Å². The van der Waals surface area contributed by atoms with Crippen LogP contribution in [0.3, 0.4) is 0 Å². The van der Waals surface area contributed by atoms with Crippen LogP contribution in [0.1, 0.15) is 31.9 Å². The van der Waals surface area contributed by atoms with Gasteiger partial charge in [0, 0.05) is 12.1 Å². The van der Waals surface area contributed by atoms with Crippen LogP contribution in [0.5, 0.6) is 17.2 Å². The van der Waals surface area contributed by atoms with E-state index in [4.69, 9.17) is 13.9 Å². The zero-order chi connectivity index (χ0) is 20.4. The molecule has 5 heteroatoms. The summed E-state index contributed by atoms with van der Waals surface area (Å²) in [6.45, 7) is 13.1. The first-order valence-electron chi connectivity index (χ1n) is 9.20. The lowest BCUT2D eigenvalue weighted by atomic mass is 9.95. The van der Waals surface area contributed by atoms with E-state index in [2.05, 4.69) is 33.9 Å². The molecule has 0 aliphatic rings. The van der Waals surface area contributed by atoms with Crippen molar-refractivity contribution in [2.24, 2.45) is 0 Å². The van der Waals surface area contributed by atoms with Gasteiger partial charge in [0.2, 0.25) is 8.32 Å². The molecule has 0 bridgehead atoms. The number of rotatable bonds is 6. The average Bonchev–Trinajstić information content (AvgIpc) is 2.60. The number of hydrogen-bond donors (Lipinski definition) is 1. The van der Waals surface area contributed by atoms with Crippen molar-refractivity contribution < 1.29 is 19.0 Å². The maximum absolute atomic E-state index is 9.61. The van der Waals surface area contributed by atoms with Gasteiger partial charge in [0.15, 0.2) is 0 Å². The highest BCUT2D eigenvalue weighted by Crippen LogP contribution is 2.45. The Morgan fingerprint density at radius 2 is 1.56 bits per heavy atom. The van der Waals surface area contributed by atoms with Gasteiger partial charge in [0.25, 0.3) is 0 Å². The van der Waals surface area contributed by atoms with Crippen LogP contribution in [-0.4, -0.2) is 27.6 Å². The summed E-state index contributed by atoms with van der Waals surface area (Å²) in [5.41, 5.74) is 3.75. The van der Waals surface area contributed by atoms with Crippen molar-refractivity contribution >= 4 is 8.32 Å². The van der Waals surface area contributed by atoms with Gasteiger partial charge >= 0.3 is 0 Å². The smallest absolute Gasteiger partial charge is 0.250 e. The van der Waals surface area contributed by atoms with Crippen LogP contribution >= 0.6 is 0 Å². The van der Waals surface area contributed by atoms with E-state index in [9.17, 15) is 5.11 Å². The Balaban J connectivity index is 2.62. The van der Waals surface area contributed by atoms with Crippen molar-refractivity contribution in [1.82, 2.24) is 0 Å². The highest BCUT2D eigenvalue weighted by molar-refractivity contribution is 6.74. The summed E-state index contributed by atoms with van der Waals surface area (Å²) >= 11 is 0. The van der Waals surface area contributed by atoms with E-state index in [1.807, 2.05) is 37.3 Å². The SMILES string of the molecule is COc1cc(O[Si](C)(C)C(C)(C)C)cc(OC)c1-c1cccc(CO)c1C. The second-order valence-corrected chi connectivity index (χ2v) is 13.0. The normalized spacial score (nSPS) is 12.0. The fraction of sp³-hybridized carbons (Fsp3) is 0.455. The molecule has 4 nitrogen and oxygen atoms in total. The lowest BCUT2D eigenvalue weighted by Crippen LogP contribution is -2.43. The molecule has 2 rings (SSSR count). The third-order valence-electron chi connectivity index (χ3n) is 5.54. The minimum atomic E-state index is -1.98. The minimum Gasteiger partial charge on any atom is -0.543 e. The van der Waals surface area contributed by atoms with Crippen molar-refractivity contribution in [1.29, 1.82) is 0 Å². The predicted octanol–water partition coefficient (Wildman–Crippen LogP) is 5.56. The van der Waals surface area contributed by atoms with E-state index in [1.165, 1.54) is 0 Å². The molecule has 0 radical (unpaired) electrons. The van der Waals surface area contributed by atoms with Crippen LogP contribution in [0.15, 0.2) is 30.3 Å². The standard InChI is InChI=1S/C22H32O4Si/c1-15-16(14-23)10-9-11-18(15)21-19(24-5)12-17(13-20(21)25-6)26-27(7,8)22(2,3)4/h9-13,23H,14H2,1-8H3. The first-order valence-corrected chi connectivity index (χ1v) is 12.1. The molecule has 0 aliphatic heterocycles. The first-order chi connectivity index (χ1) is 12.6. The molecular formula is C22H32O4Si. The van der Waals surface area contributed by atoms with Gasteiger partial charge in [0.05, 0.1) is 26.4 Å². The lowest BCUT2D eigenvalue weighted by Gasteiger charge is -2.36. The van der Waals surface area contributed by atoms with Crippen LogP contribution in [0.4, 0.5) is 0 Å². The Bertz CT molecular complexity index is 781. The molecule has 0 aliphatic carbocycles. The molecule has 2 aromatic carbocycles. The maximum Gasteiger partial charge on any atom is 0.250 e. The fourth-order valence-corrected chi connectivity index (χ4v) is 3.80. The summed E-state index contributed by atoms with van der Waals surface area (Å²) in [6.07, 6.45) is 0. The molecule has 0 spiro atoms. The number of methoxy groups -OCH3 is 2. The molecule has 27 heavy (non-hydrogen) atoms. The van der Waals surface area contributed by atoms with Crippen LogP contribution in [-0.2, 0) is 6.61 Å². The second kappa shape index (κ2) is 7.95. The van der Waals surface area contributed by atoms with Gasteiger partial charge in [-0.3, -0.25) is 0 Å². The third-order valence-corrected chi connectivity index (χ3v) is 9.90. The Morgan fingerprint density at radius 1 is 1.00 bits per heavy atom. The Labute approximate surface area is 164 Å². The van der Waals surface area contributed by atoms with Gasteiger partial charge < -0.3 is 19.0 Å². The molecule has 0 amide bonds. The van der Waals surface area contributed by atoms with Crippen molar-refractivity contribution in [3.63, 3.8) is 0 Å². The topological polar surface area (TPSA) is 47.9 Å². The molecule has 2 aromatic rings. The van der Waals surface area contributed by atoms with Crippen molar-refractivity contribution in [3.05, 3.63) is 41.5 Å². The number of aliphatic hydroxyl groups excluding tert-OH is 1. The van der Waals surface area contributed by atoms with Crippen molar-refractivity contribution in [2.75, 3.05) is 14.2 Å². The monoisotopic (exact) mass is 388 g/mol. The van der Waals surface area contributed by atoms with Gasteiger partial charge in [-0.2, -0.15) is 0 Å². The fourth-order valence-electron chi connectivity index (χ4n) is 2.79. The number of ether oxygens (including phenoxy) is 2. The molecule has 0 heterocycles. The van der Waals surface area contributed by atoms with Crippen molar-refractivity contribution in [2.45, 2.75) is 52.4 Å². The van der Waals surface area contributed by atoms with E-state index in [0.717, 1.165) is 28.0 Å². The van der Waals surface area contributed by atoms with Crippen molar-refractivity contribution in [3.8, 4) is 28.4 Å². The zero-order valence-corrected chi connectivity index (χ0v) is 18.8. The highest BCUT2D eigenvalue weighted by Gasteiger charge is 2.39. The van der Waals surface area contributed by atoms with E-state index in [1.54, 1.807) is 14.2 Å². The van der Waals surface area contributed by atoms with Gasteiger partial charge in [-0.1, -0.05) is 39.0 Å². The molecule has 0 saturated carbocycles. The summed E-state index contributed by atoms with van der Waals surface area (Å²) in [5.74, 6) is 2.15. The lowest BCUT2D eigenvalue weighted by molar-refractivity contribution is 0.281. The van der Waals surface area contributed by atoms with E-state index in [0.29, 0.717) is 11.5 Å². The van der Waals surface area contributed by atoms with Gasteiger partial charge in [0.1, 0.15) is 17.2 Å². The largest absolute Gasteiger partial charge is 0.543 e. The van der Waals surface area contributed by atoms with Gasteiger partial charge in [-0.25, -0.2) is 0 Å². The van der Waals surface area contributed by atoms with Gasteiger partial charge in [-0.15, -0.1) is 0 Å². The maximum atomic E-state index is 9.61. The molecule has 0 fully saturated rings. The quantitative estimate of drug-likeness (QED) is 0.659. The Kier molecular flexibility index (Phi) is 6.27. The molecular weight excluding hydrogens is 356 g/mol. The van der Waals surface area contributed by atoms with Gasteiger partial charge in [-0.05, 0) is 41.7 Å². The van der Waals surface area contributed by atoms with Crippen LogP contribution in [0.25, 0.3) is 11.1 Å². The highest BCUT2D eigenvalue weighted by atomic mass is 28.4. The number of aliphatic hydroxyl groups is 1. The summed E-state index contributed by atoms with van der Waals surface area (Å²) < 4.78 is 17.9. The summed E-state index contributed by atoms with van der Waals surface area (Å²) in [7, 11) is 1.32. The summed E-state index contributed by atoms with van der Waals surface area (Å²) in [6, 6.07) is 9.75. The minimum absolute atomic E-state index is 0.00310. The molecule has 0 atom stereocenters.